The number of anilines is 1. The number of halogens is 1. The normalized spacial score (nSPS) is 28.2. The van der Waals surface area contributed by atoms with Gasteiger partial charge in [0.2, 0.25) is 0 Å². The lowest BCUT2D eigenvalue weighted by atomic mass is 9.81. The second-order valence-corrected chi connectivity index (χ2v) is 6.14. The summed E-state index contributed by atoms with van der Waals surface area (Å²) in [6.45, 7) is 1.20. The molecule has 2 fully saturated rings. The number of benzene rings is 1. The maximum absolute atomic E-state index is 11.7. The Morgan fingerprint density at radius 1 is 1.55 bits per heavy atom. The van der Waals surface area contributed by atoms with Gasteiger partial charge in [-0.15, -0.1) is 0 Å². The highest BCUT2D eigenvalue weighted by Crippen LogP contribution is 2.50. The molecule has 2 atom stereocenters. The molecule has 1 aromatic carbocycles. The lowest BCUT2D eigenvalue weighted by Crippen LogP contribution is -2.35. The highest BCUT2D eigenvalue weighted by Gasteiger charge is 2.55. The molecule has 1 aromatic rings. The van der Waals surface area contributed by atoms with Crippen LogP contribution in [0.2, 0.25) is 5.02 Å². The van der Waals surface area contributed by atoms with Crippen molar-refractivity contribution in [3.05, 3.63) is 28.8 Å². The van der Waals surface area contributed by atoms with Crippen LogP contribution in [-0.2, 0) is 4.79 Å². The van der Waals surface area contributed by atoms with Gasteiger partial charge < -0.3 is 10.0 Å². The minimum absolute atomic E-state index is 0.183. The molecule has 0 unspecified atom stereocenters. The molecule has 0 bridgehead atoms. The molecule has 1 N–H and O–H groups in total. The van der Waals surface area contributed by atoms with Crippen LogP contribution in [-0.4, -0.2) is 24.2 Å². The van der Waals surface area contributed by atoms with Gasteiger partial charge in [0.25, 0.3) is 0 Å². The van der Waals surface area contributed by atoms with Crippen LogP contribution in [0.1, 0.15) is 24.8 Å². The maximum Gasteiger partial charge on any atom is 0.311 e. The number of hydrogen-bond donors (Lipinski definition) is 1. The molecular weight excluding hydrogens is 276 g/mol. The van der Waals surface area contributed by atoms with E-state index < -0.39 is 11.4 Å². The zero-order valence-corrected chi connectivity index (χ0v) is 11.7. The van der Waals surface area contributed by atoms with Crippen LogP contribution in [0.15, 0.2) is 18.2 Å². The number of aliphatic carboxylic acids is 1. The van der Waals surface area contributed by atoms with Crippen molar-refractivity contribution in [2.75, 3.05) is 18.0 Å². The highest BCUT2D eigenvalue weighted by atomic mass is 35.5. The molecule has 1 saturated carbocycles. The van der Waals surface area contributed by atoms with Gasteiger partial charge in [-0.3, -0.25) is 4.79 Å². The van der Waals surface area contributed by atoms with E-state index in [1.54, 1.807) is 12.1 Å². The van der Waals surface area contributed by atoms with E-state index in [1.165, 1.54) is 0 Å². The van der Waals surface area contributed by atoms with Crippen LogP contribution >= 0.6 is 11.6 Å². The van der Waals surface area contributed by atoms with Gasteiger partial charge in [-0.05, 0) is 37.0 Å². The highest BCUT2D eigenvalue weighted by molar-refractivity contribution is 6.30. The maximum atomic E-state index is 11.7. The van der Waals surface area contributed by atoms with E-state index in [4.69, 9.17) is 11.6 Å². The van der Waals surface area contributed by atoms with Crippen LogP contribution in [0.25, 0.3) is 0 Å². The summed E-state index contributed by atoms with van der Waals surface area (Å²) in [5, 5.41) is 19.4. The van der Waals surface area contributed by atoms with Gasteiger partial charge in [0.15, 0.2) is 0 Å². The van der Waals surface area contributed by atoms with Crippen molar-refractivity contribution in [2.45, 2.75) is 19.3 Å². The number of carboxylic acids is 1. The lowest BCUT2D eigenvalue weighted by Gasteiger charge is -2.24. The van der Waals surface area contributed by atoms with Crippen LogP contribution in [0.3, 0.4) is 0 Å². The summed E-state index contributed by atoms with van der Waals surface area (Å²) >= 11 is 5.91. The molecule has 1 aliphatic carbocycles. The fourth-order valence-electron chi connectivity index (χ4n) is 3.70. The quantitative estimate of drug-likeness (QED) is 0.909. The van der Waals surface area contributed by atoms with Crippen molar-refractivity contribution in [3.63, 3.8) is 0 Å². The standard InChI is InChI=1S/C15H15ClN2O2/c16-12-3-4-13(10(6-12)7-17)18-8-11-2-1-5-15(11,9-18)14(19)20/h3-4,6,11H,1-2,5,8-9H2,(H,19,20)/t11-,15+/m0/s1. The average Bonchev–Trinajstić information content (AvgIpc) is 2.96. The smallest absolute Gasteiger partial charge is 0.311 e. The Balaban J connectivity index is 1.95. The molecule has 1 heterocycles. The van der Waals surface area contributed by atoms with Crippen molar-refractivity contribution >= 4 is 23.3 Å². The molecule has 4 nitrogen and oxygen atoms in total. The summed E-state index contributed by atoms with van der Waals surface area (Å²) < 4.78 is 0. The van der Waals surface area contributed by atoms with Crippen LogP contribution in [0.5, 0.6) is 0 Å². The Kier molecular flexibility index (Phi) is 3.10. The molecule has 104 valence electrons. The monoisotopic (exact) mass is 290 g/mol. The summed E-state index contributed by atoms with van der Waals surface area (Å²) in [7, 11) is 0. The first-order chi connectivity index (χ1) is 9.56. The van der Waals surface area contributed by atoms with Gasteiger partial charge in [0.1, 0.15) is 6.07 Å². The summed E-state index contributed by atoms with van der Waals surface area (Å²) in [6, 6.07) is 7.35. The summed E-state index contributed by atoms with van der Waals surface area (Å²) in [5.74, 6) is -0.516. The molecule has 5 heteroatoms. The number of nitriles is 1. The second-order valence-electron chi connectivity index (χ2n) is 5.70. The number of hydrogen-bond acceptors (Lipinski definition) is 3. The first kappa shape index (κ1) is 13.3. The van der Waals surface area contributed by atoms with Gasteiger partial charge in [-0.25, -0.2) is 0 Å². The number of carboxylic acid groups (broad SMARTS) is 1. The fourth-order valence-corrected chi connectivity index (χ4v) is 3.87. The Bertz CT molecular complexity index is 610. The summed E-state index contributed by atoms with van der Waals surface area (Å²) in [4.78, 5) is 13.7. The Hall–Kier alpha value is -1.73. The molecule has 3 rings (SSSR count). The Morgan fingerprint density at radius 3 is 3.00 bits per heavy atom. The molecule has 0 radical (unpaired) electrons. The van der Waals surface area contributed by atoms with E-state index in [2.05, 4.69) is 6.07 Å². The van der Waals surface area contributed by atoms with E-state index in [1.807, 2.05) is 11.0 Å². The van der Waals surface area contributed by atoms with Gasteiger partial charge in [0, 0.05) is 18.1 Å². The number of nitrogens with zero attached hydrogens (tertiary/aromatic N) is 2. The van der Waals surface area contributed by atoms with Crippen LogP contribution in [0, 0.1) is 22.7 Å². The van der Waals surface area contributed by atoms with Gasteiger partial charge in [-0.2, -0.15) is 5.26 Å². The Labute approximate surface area is 122 Å². The van der Waals surface area contributed by atoms with Crippen LogP contribution < -0.4 is 4.90 Å². The fraction of sp³-hybridized carbons (Fsp3) is 0.467. The largest absolute Gasteiger partial charge is 0.481 e. The van der Waals surface area contributed by atoms with Gasteiger partial charge >= 0.3 is 5.97 Å². The first-order valence-electron chi connectivity index (χ1n) is 6.75. The van der Waals surface area contributed by atoms with E-state index in [0.717, 1.165) is 24.9 Å². The molecular formula is C15H15ClN2O2. The van der Waals surface area contributed by atoms with E-state index in [-0.39, 0.29) is 5.92 Å². The van der Waals surface area contributed by atoms with Crippen LogP contribution in [0.4, 0.5) is 5.69 Å². The van der Waals surface area contributed by atoms with E-state index in [9.17, 15) is 15.2 Å². The summed E-state index contributed by atoms with van der Waals surface area (Å²) in [6.07, 6.45) is 2.67. The predicted molar refractivity (Wildman–Crippen MR) is 75.8 cm³/mol. The van der Waals surface area contributed by atoms with Crippen molar-refractivity contribution in [3.8, 4) is 6.07 Å². The minimum Gasteiger partial charge on any atom is -0.481 e. The van der Waals surface area contributed by atoms with E-state index in [0.29, 0.717) is 23.7 Å². The third-order valence-electron chi connectivity index (χ3n) is 4.72. The minimum atomic E-state index is -0.699. The van der Waals surface area contributed by atoms with Gasteiger partial charge in [0.05, 0.1) is 16.7 Å². The van der Waals surface area contributed by atoms with Crippen molar-refractivity contribution in [1.29, 1.82) is 5.26 Å². The number of rotatable bonds is 2. The van der Waals surface area contributed by atoms with Crippen molar-refractivity contribution < 1.29 is 9.90 Å². The molecule has 0 spiro atoms. The number of fused-ring (bicyclic) bond motifs is 1. The zero-order chi connectivity index (χ0) is 14.3. The SMILES string of the molecule is N#Cc1cc(Cl)ccc1N1C[C@@H]2CCC[C@@]2(C(=O)O)C1. The first-order valence-corrected chi connectivity index (χ1v) is 7.12. The molecule has 1 saturated heterocycles. The average molecular weight is 291 g/mol. The number of carbonyl (C=O) groups is 1. The van der Waals surface area contributed by atoms with Crippen molar-refractivity contribution in [1.82, 2.24) is 0 Å². The van der Waals surface area contributed by atoms with E-state index >= 15 is 0 Å². The molecule has 20 heavy (non-hydrogen) atoms. The molecule has 0 aromatic heterocycles. The molecule has 1 aliphatic heterocycles. The second kappa shape index (κ2) is 4.68. The molecule has 0 amide bonds. The molecule has 2 aliphatic rings. The van der Waals surface area contributed by atoms with Crippen molar-refractivity contribution in [2.24, 2.45) is 11.3 Å². The summed E-state index contributed by atoms with van der Waals surface area (Å²) in [5.41, 5.74) is 0.678. The van der Waals surface area contributed by atoms with Gasteiger partial charge in [-0.1, -0.05) is 18.0 Å². The third kappa shape index (κ3) is 1.85. The lowest BCUT2D eigenvalue weighted by molar-refractivity contribution is -0.149. The Morgan fingerprint density at radius 2 is 2.35 bits per heavy atom. The predicted octanol–water partition coefficient (Wildman–Crippen LogP) is 2.90. The zero-order valence-electron chi connectivity index (χ0n) is 11.0. The topological polar surface area (TPSA) is 64.3 Å². The third-order valence-corrected chi connectivity index (χ3v) is 4.95.